The summed E-state index contributed by atoms with van der Waals surface area (Å²) in [4.78, 5) is 17.0. The van der Waals surface area contributed by atoms with Gasteiger partial charge in [0.2, 0.25) is 0 Å². The Hall–Kier alpha value is -2.11. The molecule has 1 fully saturated rings. The van der Waals surface area contributed by atoms with Gasteiger partial charge in [-0.3, -0.25) is 4.98 Å². The molecular formula is C19H22ClN3O2. The summed E-state index contributed by atoms with van der Waals surface area (Å²) < 4.78 is 0. The van der Waals surface area contributed by atoms with Crippen molar-refractivity contribution < 1.29 is 9.90 Å². The number of halogens is 1. The van der Waals surface area contributed by atoms with Crippen molar-refractivity contribution in [3.63, 3.8) is 0 Å². The van der Waals surface area contributed by atoms with E-state index in [1.807, 2.05) is 42.5 Å². The van der Waals surface area contributed by atoms with Crippen molar-refractivity contribution in [2.24, 2.45) is 5.92 Å². The molecule has 3 rings (SSSR count). The number of nitrogens with one attached hydrogen (secondary N) is 1. The zero-order valence-electron chi connectivity index (χ0n) is 13.9. The van der Waals surface area contributed by atoms with Crippen molar-refractivity contribution in [1.82, 2.24) is 15.2 Å². The van der Waals surface area contributed by atoms with E-state index in [1.165, 1.54) is 4.90 Å². The predicted molar refractivity (Wildman–Crippen MR) is 97.9 cm³/mol. The summed E-state index contributed by atoms with van der Waals surface area (Å²) in [5, 5.41) is 13.4. The average molecular weight is 360 g/mol. The number of likely N-dealkylation sites (tertiary alicyclic amines) is 1. The molecule has 1 amide bonds. The standard InChI is InChI=1S/C19H22ClN3O2/c20-16-6-4-15(5-7-16)18(17-3-1-2-10-21-17)22-13-14-8-11-23(12-9-14)19(24)25/h1-7,10,14,18,22H,8-9,11-13H2,(H,24,25). The minimum absolute atomic E-state index is 0.00373. The van der Waals surface area contributed by atoms with E-state index in [4.69, 9.17) is 16.7 Å². The van der Waals surface area contributed by atoms with Gasteiger partial charge in [-0.1, -0.05) is 29.8 Å². The van der Waals surface area contributed by atoms with Crippen LogP contribution in [0.4, 0.5) is 4.79 Å². The van der Waals surface area contributed by atoms with E-state index in [-0.39, 0.29) is 6.04 Å². The highest BCUT2D eigenvalue weighted by atomic mass is 35.5. The SMILES string of the molecule is O=C(O)N1CCC(CNC(c2ccc(Cl)cc2)c2ccccn2)CC1. The molecule has 0 bridgehead atoms. The van der Waals surface area contributed by atoms with Gasteiger partial charge in [0, 0.05) is 24.3 Å². The van der Waals surface area contributed by atoms with Crippen LogP contribution in [0.15, 0.2) is 48.7 Å². The van der Waals surface area contributed by atoms with Crippen LogP contribution < -0.4 is 5.32 Å². The van der Waals surface area contributed by atoms with Crippen molar-refractivity contribution in [3.8, 4) is 0 Å². The molecule has 0 aliphatic carbocycles. The highest BCUT2D eigenvalue weighted by Crippen LogP contribution is 2.24. The fourth-order valence-corrected chi connectivity index (χ4v) is 3.33. The maximum Gasteiger partial charge on any atom is 0.407 e. The molecule has 1 aromatic carbocycles. The van der Waals surface area contributed by atoms with E-state index in [2.05, 4.69) is 10.3 Å². The molecule has 1 aliphatic rings. The van der Waals surface area contributed by atoms with Crippen LogP contribution in [0.5, 0.6) is 0 Å². The van der Waals surface area contributed by atoms with Crippen LogP contribution in [0.3, 0.4) is 0 Å². The summed E-state index contributed by atoms with van der Waals surface area (Å²) in [6, 6.07) is 13.7. The molecule has 1 saturated heterocycles. The smallest absolute Gasteiger partial charge is 0.407 e. The van der Waals surface area contributed by atoms with Gasteiger partial charge in [0.25, 0.3) is 0 Å². The van der Waals surface area contributed by atoms with E-state index in [9.17, 15) is 4.79 Å². The fraction of sp³-hybridized carbons (Fsp3) is 0.368. The fourth-order valence-electron chi connectivity index (χ4n) is 3.21. The van der Waals surface area contributed by atoms with E-state index in [0.717, 1.165) is 30.6 Å². The molecule has 2 N–H and O–H groups in total. The van der Waals surface area contributed by atoms with Crippen LogP contribution in [0.25, 0.3) is 0 Å². The van der Waals surface area contributed by atoms with Gasteiger partial charge in [0.05, 0.1) is 11.7 Å². The molecule has 0 radical (unpaired) electrons. The van der Waals surface area contributed by atoms with E-state index in [0.29, 0.717) is 24.0 Å². The van der Waals surface area contributed by atoms with Crippen LogP contribution in [-0.4, -0.2) is 40.7 Å². The molecule has 6 heteroatoms. The molecule has 2 aromatic rings. The highest BCUT2D eigenvalue weighted by molar-refractivity contribution is 6.30. The Morgan fingerprint density at radius 1 is 1.24 bits per heavy atom. The van der Waals surface area contributed by atoms with Gasteiger partial charge in [-0.15, -0.1) is 0 Å². The second-order valence-electron chi connectivity index (χ2n) is 6.36. The Morgan fingerprint density at radius 2 is 1.96 bits per heavy atom. The van der Waals surface area contributed by atoms with Gasteiger partial charge in [0.15, 0.2) is 0 Å². The first-order chi connectivity index (χ1) is 12.1. The third kappa shape index (κ3) is 4.71. The van der Waals surface area contributed by atoms with Crippen molar-refractivity contribution in [1.29, 1.82) is 0 Å². The lowest BCUT2D eigenvalue weighted by molar-refractivity contribution is 0.124. The first-order valence-corrected chi connectivity index (χ1v) is 8.89. The summed E-state index contributed by atoms with van der Waals surface area (Å²) in [5.74, 6) is 0.467. The highest BCUT2D eigenvalue weighted by Gasteiger charge is 2.23. The molecule has 1 unspecified atom stereocenters. The number of carbonyl (C=O) groups is 1. The van der Waals surface area contributed by atoms with Gasteiger partial charge in [-0.05, 0) is 55.1 Å². The second-order valence-corrected chi connectivity index (χ2v) is 6.80. The van der Waals surface area contributed by atoms with Gasteiger partial charge in [-0.25, -0.2) is 4.79 Å². The Labute approximate surface area is 152 Å². The number of nitrogens with zero attached hydrogens (tertiary/aromatic N) is 2. The third-order valence-electron chi connectivity index (χ3n) is 4.68. The summed E-state index contributed by atoms with van der Waals surface area (Å²) in [5.41, 5.74) is 2.08. The second kappa shape index (κ2) is 8.32. The monoisotopic (exact) mass is 359 g/mol. The number of aromatic nitrogens is 1. The summed E-state index contributed by atoms with van der Waals surface area (Å²) in [6.07, 6.45) is 2.74. The van der Waals surface area contributed by atoms with E-state index in [1.54, 1.807) is 6.20 Å². The van der Waals surface area contributed by atoms with E-state index >= 15 is 0 Å². The Balaban J connectivity index is 1.67. The Morgan fingerprint density at radius 3 is 2.56 bits per heavy atom. The zero-order valence-corrected chi connectivity index (χ0v) is 14.7. The normalized spacial score (nSPS) is 16.6. The maximum atomic E-state index is 11.0. The topological polar surface area (TPSA) is 65.5 Å². The molecule has 0 saturated carbocycles. The first-order valence-electron chi connectivity index (χ1n) is 8.51. The average Bonchev–Trinajstić information content (AvgIpc) is 2.64. The van der Waals surface area contributed by atoms with Crippen molar-refractivity contribution in [3.05, 3.63) is 64.9 Å². The summed E-state index contributed by atoms with van der Waals surface area (Å²) in [6.45, 7) is 2.05. The van der Waals surface area contributed by atoms with Gasteiger partial charge >= 0.3 is 6.09 Å². The molecule has 1 aliphatic heterocycles. The lowest BCUT2D eigenvalue weighted by Crippen LogP contribution is -2.40. The lowest BCUT2D eigenvalue weighted by atomic mass is 9.95. The van der Waals surface area contributed by atoms with Crippen molar-refractivity contribution in [2.45, 2.75) is 18.9 Å². The first kappa shape index (κ1) is 17.7. The van der Waals surface area contributed by atoms with E-state index < -0.39 is 6.09 Å². The molecule has 1 aromatic heterocycles. The number of amides is 1. The number of carboxylic acid groups (broad SMARTS) is 1. The zero-order chi connectivity index (χ0) is 17.6. The van der Waals surface area contributed by atoms with Crippen LogP contribution in [0.2, 0.25) is 5.02 Å². The molecule has 0 spiro atoms. The third-order valence-corrected chi connectivity index (χ3v) is 4.93. The molecule has 25 heavy (non-hydrogen) atoms. The minimum Gasteiger partial charge on any atom is -0.465 e. The number of pyridine rings is 1. The molecule has 1 atom stereocenters. The Bertz CT molecular complexity index is 686. The Kier molecular flexibility index (Phi) is 5.89. The predicted octanol–water partition coefficient (Wildman–Crippen LogP) is 3.80. The molecular weight excluding hydrogens is 338 g/mol. The minimum atomic E-state index is -0.820. The number of benzene rings is 1. The van der Waals surface area contributed by atoms with Crippen LogP contribution in [0, 0.1) is 5.92 Å². The van der Waals surface area contributed by atoms with Gasteiger partial charge in [-0.2, -0.15) is 0 Å². The molecule has 132 valence electrons. The quantitative estimate of drug-likeness (QED) is 0.852. The summed E-state index contributed by atoms with van der Waals surface area (Å²) >= 11 is 6.01. The van der Waals surface area contributed by atoms with Crippen LogP contribution >= 0.6 is 11.6 Å². The number of hydrogen-bond acceptors (Lipinski definition) is 3. The summed E-state index contributed by atoms with van der Waals surface area (Å²) in [7, 11) is 0. The lowest BCUT2D eigenvalue weighted by Gasteiger charge is -2.31. The van der Waals surface area contributed by atoms with Crippen LogP contribution in [-0.2, 0) is 0 Å². The van der Waals surface area contributed by atoms with Crippen molar-refractivity contribution >= 4 is 17.7 Å². The van der Waals surface area contributed by atoms with Crippen molar-refractivity contribution in [2.75, 3.05) is 19.6 Å². The molecule has 2 heterocycles. The largest absolute Gasteiger partial charge is 0.465 e. The van der Waals surface area contributed by atoms with Gasteiger partial charge < -0.3 is 15.3 Å². The van der Waals surface area contributed by atoms with Gasteiger partial charge in [0.1, 0.15) is 0 Å². The van der Waals surface area contributed by atoms with Crippen LogP contribution in [0.1, 0.15) is 30.1 Å². The number of hydrogen-bond donors (Lipinski definition) is 2. The molecule has 5 nitrogen and oxygen atoms in total. The maximum absolute atomic E-state index is 11.0. The number of piperidine rings is 1. The number of rotatable bonds is 5.